The van der Waals surface area contributed by atoms with Gasteiger partial charge in [0.15, 0.2) is 0 Å². The van der Waals surface area contributed by atoms with Gasteiger partial charge in [0.25, 0.3) is 0 Å². The molecule has 16 heavy (non-hydrogen) atoms. The first-order valence-corrected chi connectivity index (χ1v) is 6.71. The molecule has 3 heteroatoms. The Bertz CT molecular complexity index is 188. The highest BCUT2D eigenvalue weighted by Gasteiger charge is 2.31. The quantitative estimate of drug-likeness (QED) is 0.731. The Labute approximate surface area is 100 Å². The zero-order valence-electron chi connectivity index (χ0n) is 11.1. The summed E-state index contributed by atoms with van der Waals surface area (Å²) >= 11 is 0. The molecule has 96 valence electrons. The second-order valence-corrected chi connectivity index (χ2v) is 5.17. The molecular formula is C13H28N2O. The molecule has 0 aromatic rings. The maximum atomic E-state index is 6.39. The van der Waals surface area contributed by atoms with Crippen molar-refractivity contribution in [2.75, 3.05) is 19.8 Å². The number of hydrogen-bond acceptors (Lipinski definition) is 3. The van der Waals surface area contributed by atoms with Crippen LogP contribution in [0.15, 0.2) is 0 Å². The second kappa shape index (κ2) is 5.99. The first-order chi connectivity index (χ1) is 7.60. The number of hydrogen-bond donors (Lipinski definition) is 2. The maximum Gasteiger partial charge on any atom is 0.0484 e. The largest absolute Gasteiger partial charge is 0.381 e. The monoisotopic (exact) mass is 228 g/mol. The summed E-state index contributed by atoms with van der Waals surface area (Å²) in [5.41, 5.74) is 6.62. The van der Waals surface area contributed by atoms with Crippen LogP contribution in [0.25, 0.3) is 0 Å². The predicted octanol–water partition coefficient (Wildman–Crippen LogP) is 2.05. The third-order valence-corrected chi connectivity index (χ3v) is 4.33. The van der Waals surface area contributed by atoms with E-state index >= 15 is 0 Å². The highest BCUT2D eigenvalue weighted by atomic mass is 16.5. The molecule has 0 atom stereocenters. The third kappa shape index (κ3) is 3.44. The fourth-order valence-electron chi connectivity index (χ4n) is 2.44. The van der Waals surface area contributed by atoms with Crippen LogP contribution in [-0.2, 0) is 4.74 Å². The van der Waals surface area contributed by atoms with Crippen LogP contribution < -0.4 is 11.1 Å². The standard InChI is InChI=1S/C13H28N2O/c1-4-13(5-2,6-3)15-11-12(14)7-9-16-10-8-12/h15H,4-11,14H2,1-3H3. The summed E-state index contributed by atoms with van der Waals surface area (Å²) in [7, 11) is 0. The van der Waals surface area contributed by atoms with Crippen LogP contribution in [0.1, 0.15) is 52.9 Å². The molecule has 0 radical (unpaired) electrons. The summed E-state index contributed by atoms with van der Waals surface area (Å²) in [4.78, 5) is 0. The van der Waals surface area contributed by atoms with Crippen LogP contribution in [0, 0.1) is 0 Å². The lowest BCUT2D eigenvalue weighted by molar-refractivity contribution is 0.0492. The minimum atomic E-state index is -0.0526. The number of nitrogens with two attached hydrogens (primary N) is 1. The smallest absolute Gasteiger partial charge is 0.0484 e. The number of rotatable bonds is 6. The lowest BCUT2D eigenvalue weighted by atomic mass is 9.86. The Kier molecular flexibility index (Phi) is 5.22. The molecule has 1 fully saturated rings. The Hall–Kier alpha value is -0.120. The van der Waals surface area contributed by atoms with Gasteiger partial charge < -0.3 is 15.8 Å². The summed E-state index contributed by atoms with van der Waals surface area (Å²) in [5, 5.41) is 3.71. The topological polar surface area (TPSA) is 47.3 Å². The van der Waals surface area contributed by atoms with Crippen LogP contribution >= 0.6 is 0 Å². The van der Waals surface area contributed by atoms with E-state index in [1.165, 1.54) is 19.3 Å². The highest BCUT2D eigenvalue weighted by Crippen LogP contribution is 2.22. The third-order valence-electron chi connectivity index (χ3n) is 4.33. The molecule has 0 aromatic heterocycles. The van der Waals surface area contributed by atoms with Gasteiger partial charge in [-0.05, 0) is 32.1 Å². The van der Waals surface area contributed by atoms with Crippen molar-refractivity contribution < 1.29 is 4.74 Å². The highest BCUT2D eigenvalue weighted by molar-refractivity contribution is 4.93. The Balaban J connectivity index is 2.47. The molecule has 0 saturated carbocycles. The fourth-order valence-corrected chi connectivity index (χ4v) is 2.44. The zero-order chi connectivity index (χ0) is 12.1. The minimum absolute atomic E-state index is 0.0526. The van der Waals surface area contributed by atoms with Crippen molar-refractivity contribution >= 4 is 0 Å². The van der Waals surface area contributed by atoms with E-state index in [0.29, 0.717) is 0 Å². The van der Waals surface area contributed by atoms with Crippen LogP contribution in [0.4, 0.5) is 0 Å². The van der Waals surface area contributed by atoms with Gasteiger partial charge in [-0.2, -0.15) is 0 Å². The van der Waals surface area contributed by atoms with Gasteiger partial charge in [0.1, 0.15) is 0 Å². The summed E-state index contributed by atoms with van der Waals surface area (Å²) in [5.74, 6) is 0. The van der Waals surface area contributed by atoms with E-state index in [1.807, 2.05) is 0 Å². The van der Waals surface area contributed by atoms with Crippen LogP contribution in [0.5, 0.6) is 0 Å². The van der Waals surface area contributed by atoms with Gasteiger partial charge in [-0.15, -0.1) is 0 Å². The number of ether oxygens (including phenoxy) is 1. The van der Waals surface area contributed by atoms with Crippen molar-refractivity contribution in [1.82, 2.24) is 5.32 Å². The van der Waals surface area contributed by atoms with Crippen LogP contribution in [-0.4, -0.2) is 30.8 Å². The molecule has 0 spiro atoms. The van der Waals surface area contributed by atoms with Crippen molar-refractivity contribution in [3.63, 3.8) is 0 Å². The predicted molar refractivity (Wildman–Crippen MR) is 68.6 cm³/mol. The van der Waals surface area contributed by atoms with Crippen molar-refractivity contribution in [3.05, 3.63) is 0 Å². The molecule has 3 nitrogen and oxygen atoms in total. The molecule has 3 N–H and O–H groups in total. The van der Waals surface area contributed by atoms with E-state index in [1.54, 1.807) is 0 Å². The number of nitrogens with one attached hydrogen (secondary N) is 1. The van der Waals surface area contributed by atoms with Gasteiger partial charge in [0.05, 0.1) is 0 Å². The maximum absolute atomic E-state index is 6.39. The SMILES string of the molecule is CCC(CC)(CC)NCC1(N)CCOCC1. The molecule has 1 aliphatic heterocycles. The second-order valence-electron chi connectivity index (χ2n) is 5.17. The first-order valence-electron chi connectivity index (χ1n) is 6.71. The normalized spacial score (nSPS) is 21.0. The van der Waals surface area contributed by atoms with Crippen molar-refractivity contribution in [3.8, 4) is 0 Å². The van der Waals surface area contributed by atoms with Gasteiger partial charge in [0.2, 0.25) is 0 Å². The van der Waals surface area contributed by atoms with E-state index in [-0.39, 0.29) is 11.1 Å². The molecule has 1 rings (SSSR count). The molecule has 0 aliphatic carbocycles. The van der Waals surface area contributed by atoms with E-state index in [0.717, 1.165) is 32.6 Å². The minimum Gasteiger partial charge on any atom is -0.381 e. The van der Waals surface area contributed by atoms with E-state index in [4.69, 9.17) is 10.5 Å². The van der Waals surface area contributed by atoms with Crippen LogP contribution in [0.2, 0.25) is 0 Å². The molecule has 1 saturated heterocycles. The molecule has 1 heterocycles. The molecular weight excluding hydrogens is 200 g/mol. The summed E-state index contributed by atoms with van der Waals surface area (Å²) < 4.78 is 5.37. The molecule has 1 aliphatic rings. The molecule has 0 unspecified atom stereocenters. The first kappa shape index (κ1) is 13.9. The van der Waals surface area contributed by atoms with Crippen molar-refractivity contribution in [2.24, 2.45) is 5.73 Å². The fraction of sp³-hybridized carbons (Fsp3) is 1.00. The van der Waals surface area contributed by atoms with Gasteiger partial charge in [-0.3, -0.25) is 0 Å². The van der Waals surface area contributed by atoms with E-state index in [2.05, 4.69) is 26.1 Å². The van der Waals surface area contributed by atoms with Gasteiger partial charge in [-0.25, -0.2) is 0 Å². The van der Waals surface area contributed by atoms with E-state index < -0.39 is 0 Å². The van der Waals surface area contributed by atoms with Crippen molar-refractivity contribution in [2.45, 2.75) is 64.0 Å². The van der Waals surface area contributed by atoms with Gasteiger partial charge in [-0.1, -0.05) is 20.8 Å². The lowest BCUT2D eigenvalue weighted by Crippen LogP contribution is -2.57. The van der Waals surface area contributed by atoms with E-state index in [9.17, 15) is 0 Å². The summed E-state index contributed by atoms with van der Waals surface area (Å²) in [6, 6.07) is 0. The lowest BCUT2D eigenvalue weighted by Gasteiger charge is -2.39. The summed E-state index contributed by atoms with van der Waals surface area (Å²) in [6.07, 6.45) is 5.48. The van der Waals surface area contributed by atoms with Crippen LogP contribution in [0.3, 0.4) is 0 Å². The zero-order valence-corrected chi connectivity index (χ0v) is 11.1. The molecule has 0 bridgehead atoms. The molecule has 0 amide bonds. The van der Waals surface area contributed by atoms with Gasteiger partial charge >= 0.3 is 0 Å². The molecule has 0 aromatic carbocycles. The Morgan fingerprint density at radius 3 is 2.06 bits per heavy atom. The Morgan fingerprint density at radius 2 is 1.62 bits per heavy atom. The summed E-state index contributed by atoms with van der Waals surface area (Å²) in [6.45, 7) is 9.32. The average molecular weight is 228 g/mol. The Morgan fingerprint density at radius 1 is 1.12 bits per heavy atom. The van der Waals surface area contributed by atoms with Crippen molar-refractivity contribution in [1.29, 1.82) is 0 Å². The van der Waals surface area contributed by atoms with Gasteiger partial charge in [0, 0.05) is 30.8 Å². The average Bonchev–Trinajstić information content (AvgIpc) is 2.33.